The Morgan fingerprint density at radius 2 is 1.89 bits per heavy atom. The predicted octanol–water partition coefficient (Wildman–Crippen LogP) is 3.31. The van der Waals surface area contributed by atoms with Crippen molar-refractivity contribution in [1.29, 1.82) is 0 Å². The van der Waals surface area contributed by atoms with E-state index in [1.54, 1.807) is 18.3 Å². The van der Waals surface area contributed by atoms with Crippen LogP contribution in [0.2, 0.25) is 0 Å². The number of nitrogens with zero attached hydrogens (tertiary/aromatic N) is 1. The van der Waals surface area contributed by atoms with E-state index in [9.17, 15) is 10.2 Å². The fourth-order valence-electron chi connectivity index (χ4n) is 1.50. The molecule has 0 aliphatic rings. The van der Waals surface area contributed by atoms with Crippen LogP contribution in [0.5, 0.6) is 11.5 Å². The summed E-state index contributed by atoms with van der Waals surface area (Å²) in [4.78, 5) is 4.17. The van der Waals surface area contributed by atoms with Crippen molar-refractivity contribution >= 4 is 18.2 Å². The van der Waals surface area contributed by atoms with E-state index in [4.69, 9.17) is 0 Å². The molecule has 0 radical (unpaired) electrons. The molecule has 90 valence electrons. The zero-order valence-electron chi connectivity index (χ0n) is 9.74. The third-order valence-electron chi connectivity index (χ3n) is 2.48. The molecule has 3 heteroatoms. The van der Waals surface area contributed by atoms with E-state index in [-0.39, 0.29) is 11.5 Å². The van der Waals surface area contributed by atoms with Crippen molar-refractivity contribution in [2.24, 2.45) is 0 Å². The quantitative estimate of drug-likeness (QED) is 0.808. The molecule has 0 aliphatic carbocycles. The summed E-state index contributed by atoms with van der Waals surface area (Å²) in [7, 11) is 0. The molecule has 3 nitrogen and oxygen atoms in total. The predicted molar refractivity (Wildman–Crippen MR) is 73.0 cm³/mol. The maximum Gasteiger partial charge on any atom is 0.123 e. The van der Waals surface area contributed by atoms with Gasteiger partial charge in [-0.3, -0.25) is 4.98 Å². The van der Waals surface area contributed by atoms with Crippen LogP contribution in [0.1, 0.15) is 16.8 Å². The molecule has 1 aromatic heterocycles. The summed E-state index contributed by atoms with van der Waals surface area (Å²) in [6.45, 7) is 3.63. The molecular formula is C15H13NO2. The number of hydrogen-bond acceptors (Lipinski definition) is 3. The molecule has 1 heterocycles. The lowest BCUT2D eigenvalue weighted by molar-refractivity contribution is 0.459. The lowest BCUT2D eigenvalue weighted by Gasteiger charge is -2.00. The molecule has 0 aliphatic heterocycles. The van der Waals surface area contributed by atoms with Crippen LogP contribution in [0.4, 0.5) is 0 Å². The molecule has 2 rings (SSSR count). The van der Waals surface area contributed by atoms with Crippen LogP contribution in [0.15, 0.2) is 43.1 Å². The van der Waals surface area contributed by atoms with Gasteiger partial charge in [0.25, 0.3) is 0 Å². The molecule has 0 fully saturated rings. The molecule has 1 aromatic carbocycles. The second kappa shape index (κ2) is 5.19. The third-order valence-corrected chi connectivity index (χ3v) is 2.48. The molecular weight excluding hydrogens is 226 g/mol. The van der Waals surface area contributed by atoms with Gasteiger partial charge in [0.05, 0.1) is 5.69 Å². The zero-order valence-corrected chi connectivity index (χ0v) is 9.74. The van der Waals surface area contributed by atoms with E-state index >= 15 is 0 Å². The summed E-state index contributed by atoms with van der Waals surface area (Å²) >= 11 is 0. The van der Waals surface area contributed by atoms with Gasteiger partial charge in [-0.25, -0.2) is 0 Å². The van der Waals surface area contributed by atoms with Crippen molar-refractivity contribution in [2.75, 3.05) is 0 Å². The van der Waals surface area contributed by atoms with Crippen molar-refractivity contribution in [1.82, 2.24) is 4.98 Å². The lowest BCUT2D eigenvalue weighted by atomic mass is 10.1. The van der Waals surface area contributed by atoms with Crippen molar-refractivity contribution in [3.63, 3.8) is 0 Å². The first-order valence-electron chi connectivity index (χ1n) is 5.47. The third kappa shape index (κ3) is 2.77. The molecule has 2 N–H and O–H groups in total. The maximum absolute atomic E-state index is 9.60. The standard InChI is InChI=1S/C15H13NO2/c1-2-13-6-4-11(10-16-13)3-5-12-9-14(17)7-8-15(12)18/h2-10,17-18H,1H2/b5-3+. The number of hydrogen-bond donors (Lipinski definition) is 2. The van der Waals surface area contributed by atoms with Crippen molar-refractivity contribution in [3.8, 4) is 11.5 Å². The minimum Gasteiger partial charge on any atom is -0.508 e. The van der Waals surface area contributed by atoms with Crippen LogP contribution in [0, 0.1) is 0 Å². The van der Waals surface area contributed by atoms with Gasteiger partial charge in [0.1, 0.15) is 11.5 Å². The van der Waals surface area contributed by atoms with Gasteiger partial charge in [-0.15, -0.1) is 0 Å². The highest BCUT2D eigenvalue weighted by atomic mass is 16.3. The van der Waals surface area contributed by atoms with Gasteiger partial charge in [0, 0.05) is 11.8 Å². The van der Waals surface area contributed by atoms with E-state index in [1.165, 1.54) is 18.2 Å². The molecule has 0 amide bonds. The topological polar surface area (TPSA) is 53.4 Å². The summed E-state index contributed by atoms with van der Waals surface area (Å²) in [5.74, 6) is 0.243. The Kier molecular flexibility index (Phi) is 3.44. The van der Waals surface area contributed by atoms with Crippen LogP contribution in [-0.4, -0.2) is 15.2 Å². The minimum absolute atomic E-state index is 0.118. The van der Waals surface area contributed by atoms with Crippen LogP contribution in [0.25, 0.3) is 18.2 Å². The highest BCUT2D eigenvalue weighted by molar-refractivity contribution is 5.73. The number of aromatic hydroxyl groups is 2. The van der Waals surface area contributed by atoms with Crippen LogP contribution < -0.4 is 0 Å². The van der Waals surface area contributed by atoms with Gasteiger partial charge in [0.15, 0.2) is 0 Å². The number of pyridine rings is 1. The number of aromatic nitrogens is 1. The summed E-state index contributed by atoms with van der Waals surface area (Å²) < 4.78 is 0. The maximum atomic E-state index is 9.60. The van der Waals surface area contributed by atoms with Crippen LogP contribution in [-0.2, 0) is 0 Å². The van der Waals surface area contributed by atoms with E-state index in [1.807, 2.05) is 18.2 Å². The minimum atomic E-state index is 0.118. The van der Waals surface area contributed by atoms with E-state index in [0.29, 0.717) is 5.56 Å². The SMILES string of the molecule is C=Cc1ccc(/C=C/c2cc(O)ccc2O)cn1. The second-order valence-electron chi connectivity index (χ2n) is 3.80. The summed E-state index contributed by atoms with van der Waals surface area (Å²) in [5, 5.41) is 18.9. The molecule has 2 aromatic rings. The molecule has 0 saturated carbocycles. The molecule has 0 spiro atoms. The van der Waals surface area contributed by atoms with Crippen LogP contribution >= 0.6 is 0 Å². The Hall–Kier alpha value is -2.55. The fourth-order valence-corrected chi connectivity index (χ4v) is 1.50. The average molecular weight is 239 g/mol. The van der Waals surface area contributed by atoms with Gasteiger partial charge in [-0.1, -0.05) is 24.8 Å². The highest BCUT2D eigenvalue weighted by Gasteiger charge is 1.98. The monoisotopic (exact) mass is 239 g/mol. The lowest BCUT2D eigenvalue weighted by Crippen LogP contribution is -1.80. The molecule has 18 heavy (non-hydrogen) atoms. The van der Waals surface area contributed by atoms with Crippen molar-refractivity contribution in [3.05, 3.63) is 59.9 Å². The van der Waals surface area contributed by atoms with Crippen molar-refractivity contribution < 1.29 is 10.2 Å². The average Bonchev–Trinajstić information content (AvgIpc) is 2.40. The smallest absolute Gasteiger partial charge is 0.123 e. The number of rotatable bonds is 3. The summed E-state index contributed by atoms with van der Waals surface area (Å²) in [5.41, 5.74) is 2.28. The Bertz CT molecular complexity index is 586. The first-order valence-corrected chi connectivity index (χ1v) is 5.47. The summed E-state index contributed by atoms with van der Waals surface area (Å²) in [6.07, 6.45) is 6.93. The normalized spacial score (nSPS) is 10.7. The van der Waals surface area contributed by atoms with Crippen LogP contribution in [0.3, 0.4) is 0 Å². The van der Waals surface area contributed by atoms with Gasteiger partial charge < -0.3 is 10.2 Å². The van der Waals surface area contributed by atoms with E-state index in [0.717, 1.165) is 11.3 Å². The number of benzene rings is 1. The molecule has 0 saturated heterocycles. The Morgan fingerprint density at radius 3 is 2.56 bits per heavy atom. The van der Waals surface area contributed by atoms with E-state index < -0.39 is 0 Å². The summed E-state index contributed by atoms with van der Waals surface area (Å²) in [6, 6.07) is 8.15. The number of phenolic OH excluding ortho intramolecular Hbond substituents is 2. The Balaban J connectivity index is 2.23. The first-order chi connectivity index (χ1) is 8.69. The molecule has 0 unspecified atom stereocenters. The molecule has 0 atom stereocenters. The van der Waals surface area contributed by atoms with E-state index in [2.05, 4.69) is 11.6 Å². The number of phenols is 2. The fraction of sp³-hybridized carbons (Fsp3) is 0. The van der Waals surface area contributed by atoms with Crippen molar-refractivity contribution in [2.45, 2.75) is 0 Å². The molecule has 0 bridgehead atoms. The zero-order chi connectivity index (χ0) is 13.0. The van der Waals surface area contributed by atoms with Gasteiger partial charge >= 0.3 is 0 Å². The Morgan fingerprint density at radius 1 is 1.06 bits per heavy atom. The Labute approximate surface area is 105 Å². The van der Waals surface area contributed by atoms with Gasteiger partial charge in [0.2, 0.25) is 0 Å². The van der Waals surface area contributed by atoms with Gasteiger partial charge in [-0.2, -0.15) is 0 Å². The highest BCUT2D eigenvalue weighted by Crippen LogP contribution is 2.23. The second-order valence-corrected chi connectivity index (χ2v) is 3.80. The van der Waals surface area contributed by atoms with Gasteiger partial charge in [-0.05, 0) is 35.9 Å². The first kappa shape index (κ1) is 11.9. The largest absolute Gasteiger partial charge is 0.508 e.